The van der Waals surface area contributed by atoms with E-state index < -0.39 is 48.7 Å². The molecule has 0 unspecified atom stereocenters. The first-order valence-electron chi connectivity index (χ1n) is 15.0. The molecule has 2 aromatic heterocycles. The van der Waals surface area contributed by atoms with E-state index in [1.165, 1.54) is 18.0 Å². The molecule has 46 heavy (non-hydrogen) atoms. The quantitative estimate of drug-likeness (QED) is 0.280. The van der Waals surface area contributed by atoms with Crippen molar-refractivity contribution in [3.63, 3.8) is 0 Å². The van der Waals surface area contributed by atoms with Gasteiger partial charge in [-0.3, -0.25) is 0 Å². The second-order valence-corrected chi connectivity index (χ2v) is 11.5. The number of aromatic nitrogens is 6. The zero-order chi connectivity index (χ0) is 32.2. The Morgan fingerprint density at radius 2 is 1.72 bits per heavy atom. The molecule has 2 aliphatic rings. The molecule has 2 saturated heterocycles. The summed E-state index contributed by atoms with van der Waals surface area (Å²) in [4.78, 5) is 14.3. The number of amides is 1. The number of nitrogens with zero attached hydrogens (tertiary/aromatic N) is 7. The van der Waals surface area contributed by atoms with E-state index in [0.717, 1.165) is 23.8 Å². The lowest BCUT2D eigenvalue weighted by molar-refractivity contribution is -0.212. The number of carbonyl (C=O) groups is 1. The highest BCUT2D eigenvalue weighted by Crippen LogP contribution is 2.34. The summed E-state index contributed by atoms with van der Waals surface area (Å²) in [7, 11) is 1.47. The van der Waals surface area contributed by atoms with Crippen LogP contribution < -0.4 is 0 Å². The predicted octanol–water partition coefficient (Wildman–Crippen LogP) is 2.71. The molecule has 0 bridgehead atoms. The molecule has 0 spiro atoms. The molecule has 0 aliphatic carbocycles. The zero-order valence-electron chi connectivity index (χ0n) is 25.1. The van der Waals surface area contributed by atoms with E-state index >= 15 is 0 Å². The average molecular weight is 640 g/mol. The molecule has 5 atom stereocenters. The van der Waals surface area contributed by atoms with Crippen LogP contribution in [0.5, 0.6) is 0 Å². The highest BCUT2D eigenvalue weighted by molar-refractivity contribution is 5.67. The Labute approximate surface area is 263 Å². The summed E-state index contributed by atoms with van der Waals surface area (Å²) in [5.41, 5.74) is 1.91. The maximum atomic E-state index is 13.8. The van der Waals surface area contributed by atoms with Crippen molar-refractivity contribution in [3.05, 3.63) is 83.8 Å². The van der Waals surface area contributed by atoms with Crippen molar-refractivity contribution in [2.45, 2.75) is 62.4 Å². The number of benzene rings is 2. The Balaban J connectivity index is 1.10. The van der Waals surface area contributed by atoms with Crippen molar-refractivity contribution in [2.24, 2.45) is 0 Å². The lowest BCUT2D eigenvalue weighted by atomic mass is 9.90. The average Bonchev–Trinajstić information content (AvgIpc) is 3.75. The number of carbonyl (C=O) groups excluding carboxylic acids is 1. The van der Waals surface area contributed by atoms with Gasteiger partial charge in [-0.25, -0.2) is 22.9 Å². The Kier molecular flexibility index (Phi) is 9.63. The molecular weight excluding hydrogens is 604 g/mol. The SMILES string of the molecule is CO[C@@H]1[C@@H](n2cc(-c3cc(F)cc(F)c3)nn2)[C@@H](O)[C@@H](CO)O[C@@H]1Cc1cn(C2CCN(C(=O)OCc3ccccc3)CC2)nn1. The minimum absolute atomic E-state index is 0.0333. The highest BCUT2D eigenvalue weighted by Gasteiger charge is 2.47. The number of methoxy groups -OCH3 is 1. The topological polar surface area (TPSA) is 150 Å². The van der Waals surface area contributed by atoms with E-state index in [1.807, 2.05) is 36.5 Å². The van der Waals surface area contributed by atoms with E-state index in [9.17, 15) is 23.8 Å². The molecule has 6 rings (SSSR count). The van der Waals surface area contributed by atoms with Crippen LogP contribution in [-0.4, -0.2) is 102 Å². The first-order valence-corrected chi connectivity index (χ1v) is 15.0. The van der Waals surface area contributed by atoms with Crippen LogP contribution in [0.3, 0.4) is 0 Å². The van der Waals surface area contributed by atoms with E-state index in [-0.39, 0.29) is 36.4 Å². The number of hydrogen-bond donors (Lipinski definition) is 2. The lowest BCUT2D eigenvalue weighted by Gasteiger charge is -2.43. The van der Waals surface area contributed by atoms with Gasteiger partial charge in [-0.2, -0.15) is 0 Å². The number of aliphatic hydroxyl groups excluding tert-OH is 2. The summed E-state index contributed by atoms with van der Waals surface area (Å²) in [6.07, 6.45) is 0.914. The van der Waals surface area contributed by atoms with Crippen molar-refractivity contribution in [3.8, 4) is 11.3 Å². The second kappa shape index (κ2) is 14.0. The molecule has 2 aromatic carbocycles. The lowest BCUT2D eigenvalue weighted by Crippen LogP contribution is -2.57. The standard InChI is InChI=1S/C31H35F2N7O6/c1-44-30-26(46-27(17-41)29(42)28(30)40-16-25(35-37-40)20-11-21(32)13-22(33)12-20)14-23-15-39(36-34-23)24-7-9-38(10-8-24)31(43)45-18-19-5-3-2-4-6-19/h2-6,11-13,15-16,24,26-30,41-42H,7-10,14,17-18H2,1H3/t26-,27-,28+,29+,30+/m1/s1. The predicted molar refractivity (Wildman–Crippen MR) is 157 cm³/mol. The van der Waals surface area contributed by atoms with Gasteiger partial charge in [-0.05, 0) is 30.5 Å². The third kappa shape index (κ3) is 6.92. The maximum absolute atomic E-state index is 13.8. The normalized spacial score (nSPS) is 23.8. The van der Waals surface area contributed by atoms with Crippen molar-refractivity contribution in [1.82, 2.24) is 34.9 Å². The van der Waals surface area contributed by atoms with Crippen LogP contribution in [0.2, 0.25) is 0 Å². The number of likely N-dealkylation sites (tertiary alicyclic amines) is 1. The third-order valence-corrected chi connectivity index (χ3v) is 8.48. The maximum Gasteiger partial charge on any atom is 0.410 e. The molecule has 1 amide bonds. The minimum atomic E-state index is -1.23. The molecule has 2 aliphatic heterocycles. The van der Waals surface area contributed by atoms with Gasteiger partial charge in [-0.15, -0.1) is 10.2 Å². The summed E-state index contributed by atoms with van der Waals surface area (Å²) in [5, 5.41) is 38.0. The second-order valence-electron chi connectivity index (χ2n) is 11.5. The van der Waals surface area contributed by atoms with E-state index in [0.29, 0.717) is 31.6 Å². The largest absolute Gasteiger partial charge is 0.445 e. The number of aliphatic hydroxyl groups is 2. The van der Waals surface area contributed by atoms with Gasteiger partial charge in [0.1, 0.15) is 48.3 Å². The van der Waals surface area contributed by atoms with E-state index in [2.05, 4.69) is 20.6 Å². The third-order valence-electron chi connectivity index (χ3n) is 8.48. The molecular formula is C31H35F2N7O6. The van der Waals surface area contributed by atoms with Gasteiger partial charge in [0.2, 0.25) is 0 Å². The van der Waals surface area contributed by atoms with Crippen molar-refractivity contribution in [2.75, 3.05) is 26.8 Å². The van der Waals surface area contributed by atoms with Crippen LogP contribution in [0.25, 0.3) is 11.3 Å². The van der Waals surface area contributed by atoms with Crippen molar-refractivity contribution >= 4 is 6.09 Å². The van der Waals surface area contributed by atoms with Crippen LogP contribution in [-0.2, 0) is 27.2 Å². The zero-order valence-corrected chi connectivity index (χ0v) is 25.1. The Morgan fingerprint density at radius 1 is 1.00 bits per heavy atom. The fraction of sp³-hybridized carbons (Fsp3) is 0.452. The summed E-state index contributed by atoms with van der Waals surface area (Å²) >= 11 is 0. The van der Waals surface area contributed by atoms with Gasteiger partial charge in [0, 0.05) is 44.4 Å². The molecule has 244 valence electrons. The van der Waals surface area contributed by atoms with E-state index in [4.69, 9.17) is 14.2 Å². The molecule has 13 nitrogen and oxygen atoms in total. The van der Waals surface area contributed by atoms with Crippen LogP contribution in [0.1, 0.15) is 36.2 Å². The minimum Gasteiger partial charge on any atom is -0.445 e. The van der Waals surface area contributed by atoms with Crippen LogP contribution in [0.4, 0.5) is 13.6 Å². The van der Waals surface area contributed by atoms with Gasteiger partial charge >= 0.3 is 6.09 Å². The molecule has 0 saturated carbocycles. The van der Waals surface area contributed by atoms with Gasteiger partial charge < -0.3 is 29.3 Å². The molecule has 2 N–H and O–H groups in total. The van der Waals surface area contributed by atoms with Crippen molar-refractivity contribution < 1.29 is 38.0 Å². The monoisotopic (exact) mass is 639 g/mol. The first-order chi connectivity index (χ1) is 22.3. The van der Waals surface area contributed by atoms with Crippen LogP contribution >= 0.6 is 0 Å². The summed E-state index contributed by atoms with van der Waals surface area (Å²) in [5.74, 6) is -1.52. The van der Waals surface area contributed by atoms with Crippen LogP contribution in [0, 0.1) is 11.6 Å². The molecule has 4 heterocycles. The number of rotatable bonds is 9. The van der Waals surface area contributed by atoms with Crippen molar-refractivity contribution in [1.29, 1.82) is 0 Å². The molecule has 4 aromatic rings. The molecule has 15 heteroatoms. The van der Waals surface area contributed by atoms with Gasteiger partial charge in [0.05, 0.1) is 30.6 Å². The fourth-order valence-electron chi connectivity index (χ4n) is 6.10. The summed E-state index contributed by atoms with van der Waals surface area (Å²) in [6, 6.07) is 11.7. The fourth-order valence-corrected chi connectivity index (χ4v) is 6.10. The van der Waals surface area contributed by atoms with Crippen LogP contribution in [0.15, 0.2) is 60.9 Å². The first kappa shape index (κ1) is 31.7. The Morgan fingerprint density at radius 3 is 2.41 bits per heavy atom. The highest BCUT2D eigenvalue weighted by atomic mass is 19.1. The summed E-state index contributed by atoms with van der Waals surface area (Å²) in [6.45, 7) is 0.786. The Hall–Kier alpha value is -4.31. The van der Waals surface area contributed by atoms with E-state index in [1.54, 1.807) is 9.58 Å². The number of hydrogen-bond acceptors (Lipinski definition) is 10. The van der Waals surface area contributed by atoms with Gasteiger partial charge in [-0.1, -0.05) is 40.8 Å². The number of piperidine rings is 1. The smallest absolute Gasteiger partial charge is 0.410 e. The molecule has 0 radical (unpaired) electrons. The van der Waals surface area contributed by atoms with Gasteiger partial charge in [0.25, 0.3) is 0 Å². The van der Waals surface area contributed by atoms with Gasteiger partial charge in [0.15, 0.2) is 0 Å². The number of halogens is 2. The number of ether oxygens (including phenoxy) is 3. The molecule has 2 fully saturated rings. The Bertz CT molecular complexity index is 1590. The summed E-state index contributed by atoms with van der Waals surface area (Å²) < 4.78 is 48.1.